The van der Waals surface area contributed by atoms with Crippen LogP contribution in [0.25, 0.3) is 22.2 Å². The summed E-state index contributed by atoms with van der Waals surface area (Å²) in [4.78, 5) is 15.9. The molecule has 1 atom stereocenters. The van der Waals surface area contributed by atoms with Crippen LogP contribution in [-0.4, -0.2) is 21.0 Å². The van der Waals surface area contributed by atoms with Gasteiger partial charge in [0.25, 0.3) is 0 Å². The van der Waals surface area contributed by atoms with Gasteiger partial charge in [0.1, 0.15) is 11.6 Å². The summed E-state index contributed by atoms with van der Waals surface area (Å²) in [5, 5.41) is 9.68. The summed E-state index contributed by atoms with van der Waals surface area (Å²) in [7, 11) is 0. The SMILES string of the molecule is CCC(=O)CCCCC[C@H](N)c1nc(-c2ccc3ccccc3c2)n[nH]1. The number of unbranched alkanes of at least 4 members (excludes halogenated alkanes) is 2. The third-order valence-corrected chi connectivity index (χ3v) is 4.73. The Morgan fingerprint density at radius 1 is 1.12 bits per heavy atom. The molecule has 0 saturated heterocycles. The average molecular weight is 350 g/mol. The van der Waals surface area contributed by atoms with Crippen molar-refractivity contribution < 1.29 is 4.79 Å². The largest absolute Gasteiger partial charge is 0.321 e. The number of nitrogens with one attached hydrogen (secondary N) is 1. The number of ketones is 1. The summed E-state index contributed by atoms with van der Waals surface area (Å²) in [6.45, 7) is 1.91. The molecule has 0 radical (unpaired) electrons. The van der Waals surface area contributed by atoms with Crippen LogP contribution in [0.4, 0.5) is 0 Å². The lowest BCUT2D eigenvalue weighted by Gasteiger charge is -2.07. The number of hydrogen-bond donors (Lipinski definition) is 2. The highest BCUT2D eigenvalue weighted by Crippen LogP contribution is 2.23. The molecular formula is C21H26N4O. The van der Waals surface area contributed by atoms with Crippen molar-refractivity contribution in [2.24, 2.45) is 5.73 Å². The van der Waals surface area contributed by atoms with E-state index in [-0.39, 0.29) is 6.04 Å². The van der Waals surface area contributed by atoms with Crippen molar-refractivity contribution >= 4 is 16.6 Å². The molecule has 0 aliphatic carbocycles. The van der Waals surface area contributed by atoms with Crippen LogP contribution in [-0.2, 0) is 4.79 Å². The fourth-order valence-corrected chi connectivity index (χ4v) is 3.07. The lowest BCUT2D eigenvalue weighted by Crippen LogP contribution is -2.12. The minimum Gasteiger partial charge on any atom is -0.321 e. The molecule has 5 nitrogen and oxygen atoms in total. The molecule has 1 aromatic heterocycles. The molecule has 0 unspecified atom stereocenters. The number of aromatic amines is 1. The second-order valence-corrected chi connectivity index (χ2v) is 6.70. The Hall–Kier alpha value is -2.53. The first kappa shape index (κ1) is 18.3. The first-order valence-electron chi connectivity index (χ1n) is 9.36. The van der Waals surface area contributed by atoms with Crippen molar-refractivity contribution in [3.8, 4) is 11.4 Å². The molecule has 1 heterocycles. The Bertz CT molecular complexity index is 871. The molecular weight excluding hydrogens is 324 g/mol. The summed E-state index contributed by atoms with van der Waals surface area (Å²) in [6, 6.07) is 14.3. The number of rotatable bonds is 9. The minimum atomic E-state index is -0.154. The summed E-state index contributed by atoms with van der Waals surface area (Å²) < 4.78 is 0. The third-order valence-electron chi connectivity index (χ3n) is 4.73. The lowest BCUT2D eigenvalue weighted by molar-refractivity contribution is -0.118. The van der Waals surface area contributed by atoms with Crippen LogP contribution < -0.4 is 5.73 Å². The molecule has 0 amide bonds. The maximum atomic E-state index is 11.3. The van der Waals surface area contributed by atoms with Gasteiger partial charge < -0.3 is 5.73 Å². The molecule has 0 aliphatic heterocycles. The molecule has 5 heteroatoms. The standard InChI is InChI=1S/C21H26N4O/c1-2-18(26)10-4-3-5-11-19(22)21-23-20(24-25-21)17-13-12-15-8-6-7-9-16(15)14-17/h6-9,12-14,19H,2-5,10-11,22H2,1H3,(H,23,24,25)/t19-/m0/s1. The van der Waals surface area contributed by atoms with Crippen molar-refractivity contribution in [1.29, 1.82) is 0 Å². The molecule has 0 bridgehead atoms. The Balaban J connectivity index is 1.57. The highest BCUT2D eigenvalue weighted by atomic mass is 16.1. The van der Waals surface area contributed by atoms with Crippen molar-refractivity contribution in [3.05, 3.63) is 48.3 Å². The summed E-state index contributed by atoms with van der Waals surface area (Å²) in [6.07, 6.45) is 5.11. The Morgan fingerprint density at radius 2 is 1.92 bits per heavy atom. The van der Waals surface area contributed by atoms with Crippen molar-refractivity contribution in [3.63, 3.8) is 0 Å². The predicted octanol–water partition coefficient (Wildman–Crippen LogP) is 4.55. The van der Waals surface area contributed by atoms with Crippen LogP contribution in [0, 0.1) is 0 Å². The third kappa shape index (κ3) is 4.55. The Labute approximate surface area is 154 Å². The van der Waals surface area contributed by atoms with Crippen molar-refractivity contribution in [2.45, 2.75) is 51.5 Å². The van der Waals surface area contributed by atoms with E-state index in [2.05, 4.69) is 39.4 Å². The van der Waals surface area contributed by atoms with Crippen molar-refractivity contribution in [1.82, 2.24) is 15.2 Å². The predicted molar refractivity (Wildman–Crippen MR) is 105 cm³/mol. The normalized spacial score (nSPS) is 12.4. The van der Waals surface area contributed by atoms with Gasteiger partial charge in [-0.05, 0) is 29.7 Å². The molecule has 26 heavy (non-hydrogen) atoms. The van der Waals surface area contributed by atoms with Gasteiger partial charge in [0.15, 0.2) is 5.82 Å². The van der Waals surface area contributed by atoms with Crippen molar-refractivity contribution in [2.75, 3.05) is 0 Å². The zero-order valence-electron chi connectivity index (χ0n) is 15.2. The van der Waals surface area contributed by atoms with Gasteiger partial charge in [0.05, 0.1) is 6.04 Å². The zero-order chi connectivity index (χ0) is 18.4. The summed E-state index contributed by atoms with van der Waals surface area (Å²) >= 11 is 0. The number of carbonyl (C=O) groups is 1. The number of H-pyrrole nitrogens is 1. The number of nitrogens with two attached hydrogens (primary N) is 1. The quantitative estimate of drug-likeness (QED) is 0.554. The second kappa shape index (κ2) is 8.72. The molecule has 0 fully saturated rings. The summed E-state index contributed by atoms with van der Waals surface area (Å²) in [5.41, 5.74) is 7.23. The number of fused-ring (bicyclic) bond motifs is 1. The highest BCUT2D eigenvalue weighted by molar-refractivity contribution is 5.86. The molecule has 0 aliphatic rings. The van der Waals surface area contributed by atoms with E-state index >= 15 is 0 Å². The smallest absolute Gasteiger partial charge is 0.181 e. The first-order valence-corrected chi connectivity index (χ1v) is 9.36. The number of carbonyl (C=O) groups excluding carboxylic acids is 1. The van der Waals surface area contributed by atoms with E-state index in [4.69, 9.17) is 5.73 Å². The van der Waals surface area contributed by atoms with Gasteiger partial charge in [0.2, 0.25) is 0 Å². The van der Waals surface area contributed by atoms with Gasteiger partial charge in [0, 0.05) is 18.4 Å². The van der Waals surface area contributed by atoms with Crippen LogP contribution in [0.1, 0.15) is 57.3 Å². The fourth-order valence-electron chi connectivity index (χ4n) is 3.07. The Morgan fingerprint density at radius 3 is 2.73 bits per heavy atom. The van der Waals surface area contributed by atoms with Gasteiger partial charge in [-0.15, -0.1) is 0 Å². The van der Waals surface area contributed by atoms with Gasteiger partial charge in [-0.2, -0.15) is 5.10 Å². The molecule has 3 rings (SSSR count). The zero-order valence-corrected chi connectivity index (χ0v) is 15.2. The topological polar surface area (TPSA) is 84.7 Å². The van der Waals surface area contributed by atoms with Gasteiger partial charge >= 0.3 is 0 Å². The van der Waals surface area contributed by atoms with E-state index in [1.807, 2.05) is 25.1 Å². The van der Waals surface area contributed by atoms with Gasteiger partial charge in [-0.1, -0.05) is 56.2 Å². The van der Waals surface area contributed by atoms with Crippen LogP contribution in [0.2, 0.25) is 0 Å². The number of nitrogens with zero attached hydrogens (tertiary/aromatic N) is 2. The molecule has 2 aromatic carbocycles. The van der Waals surface area contributed by atoms with E-state index in [0.717, 1.165) is 37.1 Å². The first-order chi connectivity index (χ1) is 12.7. The van der Waals surface area contributed by atoms with E-state index in [1.54, 1.807) is 0 Å². The average Bonchev–Trinajstić information content (AvgIpc) is 3.17. The minimum absolute atomic E-state index is 0.154. The van der Waals surface area contributed by atoms with E-state index in [0.29, 0.717) is 24.4 Å². The maximum Gasteiger partial charge on any atom is 0.181 e. The maximum absolute atomic E-state index is 11.3. The molecule has 136 valence electrons. The number of aromatic nitrogens is 3. The number of benzene rings is 2. The molecule has 0 spiro atoms. The number of Topliss-reactive ketones (excluding diaryl/α,β-unsaturated/α-hetero) is 1. The van der Waals surface area contributed by atoms with Crippen LogP contribution in [0.5, 0.6) is 0 Å². The van der Waals surface area contributed by atoms with Crippen LogP contribution >= 0.6 is 0 Å². The lowest BCUT2D eigenvalue weighted by atomic mass is 10.1. The fraction of sp³-hybridized carbons (Fsp3) is 0.381. The van der Waals surface area contributed by atoms with E-state index in [1.165, 1.54) is 10.8 Å². The molecule has 0 saturated carbocycles. The van der Waals surface area contributed by atoms with Crippen LogP contribution in [0.3, 0.4) is 0 Å². The summed E-state index contributed by atoms with van der Waals surface area (Å²) in [5.74, 6) is 1.73. The van der Waals surface area contributed by atoms with Crippen LogP contribution in [0.15, 0.2) is 42.5 Å². The van der Waals surface area contributed by atoms with E-state index < -0.39 is 0 Å². The Kier molecular flexibility index (Phi) is 6.12. The second-order valence-electron chi connectivity index (χ2n) is 6.70. The van der Waals surface area contributed by atoms with Gasteiger partial charge in [-0.25, -0.2) is 4.98 Å². The number of hydrogen-bond acceptors (Lipinski definition) is 4. The van der Waals surface area contributed by atoms with Gasteiger partial charge in [-0.3, -0.25) is 9.89 Å². The molecule has 3 N–H and O–H groups in total. The molecule has 3 aromatic rings. The monoisotopic (exact) mass is 350 g/mol. The van der Waals surface area contributed by atoms with E-state index in [9.17, 15) is 4.79 Å². The highest BCUT2D eigenvalue weighted by Gasteiger charge is 2.13.